The molecule has 0 aromatic carbocycles. The molecule has 0 radical (unpaired) electrons. The zero-order valence-corrected chi connectivity index (χ0v) is 6.39. The molecule has 4 heteroatoms. The molecule has 2 heterocycles. The van der Waals surface area contributed by atoms with Crippen molar-refractivity contribution in [3.63, 3.8) is 0 Å². The Morgan fingerprint density at radius 1 is 1.33 bits per heavy atom. The van der Waals surface area contributed by atoms with E-state index >= 15 is 0 Å². The number of aromatic amines is 1. The van der Waals surface area contributed by atoms with Crippen molar-refractivity contribution >= 4 is 5.91 Å². The minimum Gasteiger partial charge on any atom is -0.352 e. The molecule has 0 bridgehead atoms. The van der Waals surface area contributed by atoms with Gasteiger partial charge in [0, 0.05) is 18.8 Å². The second kappa shape index (κ2) is 2.48. The van der Waals surface area contributed by atoms with Gasteiger partial charge in [0.25, 0.3) is 5.91 Å². The van der Waals surface area contributed by atoms with Crippen LogP contribution in [0.4, 0.5) is 0 Å². The second-order valence-corrected chi connectivity index (χ2v) is 2.74. The molecular formula is C8H8N2O2. The van der Waals surface area contributed by atoms with Crippen molar-refractivity contribution in [2.24, 2.45) is 0 Å². The number of carbonyl (C=O) groups excluding carboxylic acids is 1. The van der Waals surface area contributed by atoms with E-state index in [2.05, 4.69) is 10.3 Å². The number of hydrogen-bond donors (Lipinski definition) is 2. The summed E-state index contributed by atoms with van der Waals surface area (Å²) >= 11 is 0. The van der Waals surface area contributed by atoms with Crippen molar-refractivity contribution in [2.45, 2.75) is 6.42 Å². The molecule has 2 N–H and O–H groups in total. The van der Waals surface area contributed by atoms with Gasteiger partial charge in [-0.15, -0.1) is 0 Å². The monoisotopic (exact) mass is 164 g/mol. The molecule has 1 aliphatic rings. The zero-order valence-electron chi connectivity index (χ0n) is 6.39. The molecule has 0 unspecified atom stereocenters. The molecule has 1 amide bonds. The summed E-state index contributed by atoms with van der Waals surface area (Å²) in [4.78, 5) is 24.5. The van der Waals surface area contributed by atoms with Gasteiger partial charge < -0.3 is 10.3 Å². The van der Waals surface area contributed by atoms with Gasteiger partial charge in [0.05, 0.1) is 5.56 Å². The highest BCUT2D eigenvalue weighted by Gasteiger charge is 2.15. The van der Waals surface area contributed by atoms with Crippen molar-refractivity contribution in [1.82, 2.24) is 10.3 Å². The van der Waals surface area contributed by atoms with Gasteiger partial charge in [-0.2, -0.15) is 0 Å². The van der Waals surface area contributed by atoms with E-state index in [1.807, 2.05) is 0 Å². The van der Waals surface area contributed by atoms with Gasteiger partial charge in [0.15, 0.2) is 0 Å². The lowest BCUT2D eigenvalue weighted by Crippen LogP contribution is -2.33. The number of H-pyrrole nitrogens is 1. The maximum atomic E-state index is 11.2. The molecule has 0 aliphatic carbocycles. The number of amides is 1. The van der Waals surface area contributed by atoms with Crippen LogP contribution in [0.25, 0.3) is 0 Å². The van der Waals surface area contributed by atoms with Crippen molar-refractivity contribution in [3.05, 3.63) is 33.7 Å². The summed E-state index contributed by atoms with van der Waals surface area (Å²) < 4.78 is 0. The van der Waals surface area contributed by atoms with Gasteiger partial charge in [-0.05, 0) is 12.0 Å². The second-order valence-electron chi connectivity index (χ2n) is 2.74. The number of fused-ring (bicyclic) bond motifs is 1. The predicted molar refractivity (Wildman–Crippen MR) is 43.1 cm³/mol. The largest absolute Gasteiger partial charge is 0.352 e. The highest BCUT2D eigenvalue weighted by Crippen LogP contribution is 2.08. The summed E-state index contributed by atoms with van der Waals surface area (Å²) in [7, 11) is 0. The van der Waals surface area contributed by atoms with Crippen molar-refractivity contribution in [3.8, 4) is 0 Å². The van der Waals surface area contributed by atoms with Crippen LogP contribution in [-0.2, 0) is 6.42 Å². The standard InChI is InChI=1S/C8H8N2O2/c11-7-3-5-1-2-9-8(12)6(5)4-10-7/h3-4H,1-2H2,(H,9,12)(H,10,11). The van der Waals surface area contributed by atoms with Crippen molar-refractivity contribution in [1.29, 1.82) is 0 Å². The van der Waals surface area contributed by atoms with Crippen molar-refractivity contribution < 1.29 is 4.79 Å². The normalized spacial score (nSPS) is 15.2. The fraction of sp³-hybridized carbons (Fsp3) is 0.250. The van der Waals surface area contributed by atoms with Crippen LogP contribution in [-0.4, -0.2) is 17.4 Å². The third-order valence-corrected chi connectivity index (χ3v) is 1.93. The molecule has 2 rings (SSSR count). The van der Waals surface area contributed by atoms with Crippen LogP contribution in [0.3, 0.4) is 0 Å². The summed E-state index contributed by atoms with van der Waals surface area (Å²) in [5.41, 5.74) is 1.27. The van der Waals surface area contributed by atoms with E-state index in [0.29, 0.717) is 12.1 Å². The smallest absolute Gasteiger partial charge is 0.253 e. The molecule has 12 heavy (non-hydrogen) atoms. The van der Waals surface area contributed by atoms with Crippen LogP contribution >= 0.6 is 0 Å². The van der Waals surface area contributed by atoms with Gasteiger partial charge in [-0.1, -0.05) is 0 Å². The maximum absolute atomic E-state index is 11.2. The fourth-order valence-electron chi connectivity index (χ4n) is 1.34. The number of aromatic nitrogens is 1. The van der Waals surface area contributed by atoms with Gasteiger partial charge in [-0.3, -0.25) is 9.59 Å². The van der Waals surface area contributed by atoms with Gasteiger partial charge in [0.1, 0.15) is 0 Å². The van der Waals surface area contributed by atoms with Crippen LogP contribution in [0.2, 0.25) is 0 Å². The van der Waals surface area contributed by atoms with Crippen LogP contribution < -0.4 is 10.9 Å². The molecule has 62 valence electrons. The van der Waals surface area contributed by atoms with Gasteiger partial charge >= 0.3 is 0 Å². The average Bonchev–Trinajstić information content (AvgIpc) is 2.04. The van der Waals surface area contributed by atoms with E-state index in [1.54, 1.807) is 0 Å². The topological polar surface area (TPSA) is 62.0 Å². The lowest BCUT2D eigenvalue weighted by atomic mass is 10.0. The van der Waals surface area contributed by atoms with E-state index in [0.717, 1.165) is 12.0 Å². The number of rotatable bonds is 0. The number of carbonyl (C=O) groups is 1. The van der Waals surface area contributed by atoms with E-state index in [4.69, 9.17) is 0 Å². The first-order valence-corrected chi connectivity index (χ1v) is 3.77. The van der Waals surface area contributed by atoms with Crippen molar-refractivity contribution in [2.75, 3.05) is 6.54 Å². The quantitative estimate of drug-likeness (QED) is 0.551. The SMILES string of the molecule is O=C1NCCc2cc(=O)[nH]cc21. The molecule has 0 atom stereocenters. The summed E-state index contributed by atoms with van der Waals surface area (Å²) in [5, 5.41) is 2.70. The van der Waals surface area contributed by atoms with Gasteiger partial charge in [-0.25, -0.2) is 0 Å². The number of nitrogens with one attached hydrogen (secondary N) is 2. The minimum atomic E-state index is -0.150. The molecule has 4 nitrogen and oxygen atoms in total. The van der Waals surface area contributed by atoms with E-state index in [-0.39, 0.29) is 11.5 Å². The maximum Gasteiger partial charge on any atom is 0.253 e. The average molecular weight is 164 g/mol. The minimum absolute atomic E-state index is 0.104. The lowest BCUT2D eigenvalue weighted by molar-refractivity contribution is 0.0945. The van der Waals surface area contributed by atoms with E-state index in [9.17, 15) is 9.59 Å². The first kappa shape index (κ1) is 7.09. The Labute approximate surface area is 68.6 Å². The number of pyridine rings is 1. The van der Waals surface area contributed by atoms with Crippen LogP contribution in [0, 0.1) is 0 Å². The molecule has 0 fully saturated rings. The Morgan fingerprint density at radius 2 is 2.17 bits per heavy atom. The first-order chi connectivity index (χ1) is 5.77. The molecule has 1 aromatic heterocycles. The summed E-state index contributed by atoms with van der Waals surface area (Å²) in [6.45, 7) is 0.620. The molecule has 1 aliphatic heterocycles. The first-order valence-electron chi connectivity index (χ1n) is 3.77. The lowest BCUT2D eigenvalue weighted by Gasteiger charge is -2.14. The van der Waals surface area contributed by atoms with Crippen LogP contribution in [0.1, 0.15) is 15.9 Å². The zero-order chi connectivity index (χ0) is 8.55. The predicted octanol–water partition coefficient (Wildman–Crippen LogP) is -0.339. The Morgan fingerprint density at radius 3 is 3.00 bits per heavy atom. The Bertz CT molecular complexity index is 381. The summed E-state index contributed by atoms with van der Waals surface area (Å²) in [5.74, 6) is -0.104. The molecule has 0 spiro atoms. The molecule has 0 saturated heterocycles. The highest BCUT2D eigenvalue weighted by atomic mass is 16.2. The van der Waals surface area contributed by atoms with Gasteiger partial charge in [0.2, 0.25) is 5.56 Å². The van der Waals surface area contributed by atoms with E-state index < -0.39 is 0 Å². The van der Waals surface area contributed by atoms with Crippen LogP contribution in [0.5, 0.6) is 0 Å². The number of hydrogen-bond acceptors (Lipinski definition) is 2. The Hall–Kier alpha value is -1.58. The fourth-order valence-corrected chi connectivity index (χ4v) is 1.34. The molecular weight excluding hydrogens is 156 g/mol. The van der Waals surface area contributed by atoms with Crippen LogP contribution in [0.15, 0.2) is 17.1 Å². The molecule has 0 saturated carbocycles. The summed E-state index contributed by atoms with van der Waals surface area (Å²) in [6.07, 6.45) is 2.21. The van der Waals surface area contributed by atoms with E-state index in [1.165, 1.54) is 12.3 Å². The Kier molecular flexibility index (Phi) is 1.46. The third kappa shape index (κ3) is 1.01. The highest BCUT2D eigenvalue weighted by molar-refractivity contribution is 5.96. The molecule has 1 aromatic rings. The third-order valence-electron chi connectivity index (χ3n) is 1.93. The summed E-state index contributed by atoms with van der Waals surface area (Å²) in [6, 6.07) is 1.48. The Balaban J connectivity index is 2.60.